The van der Waals surface area contributed by atoms with Gasteiger partial charge in [-0.25, -0.2) is 0 Å². The number of hydrogen-bond donors (Lipinski definition) is 1. The zero-order chi connectivity index (χ0) is 21.4. The molecule has 0 radical (unpaired) electrons. The average Bonchev–Trinajstić information content (AvgIpc) is 3.28. The maximum atomic E-state index is 12.9. The van der Waals surface area contributed by atoms with E-state index in [1.54, 1.807) is 0 Å². The molecular formula is C25H25N3O2S. The van der Waals surface area contributed by atoms with Crippen LogP contribution in [-0.2, 0) is 24.3 Å². The highest BCUT2D eigenvalue weighted by atomic mass is 32.1. The maximum absolute atomic E-state index is 12.9. The molecule has 1 aliphatic heterocycles. The van der Waals surface area contributed by atoms with Crippen molar-refractivity contribution >= 4 is 39.0 Å². The summed E-state index contributed by atoms with van der Waals surface area (Å²) in [6, 6.07) is 17.5. The van der Waals surface area contributed by atoms with E-state index in [4.69, 9.17) is 0 Å². The molecule has 1 unspecified atom stereocenters. The van der Waals surface area contributed by atoms with Crippen LogP contribution in [-0.4, -0.2) is 34.5 Å². The summed E-state index contributed by atoms with van der Waals surface area (Å²) in [6.45, 7) is 4.93. The summed E-state index contributed by atoms with van der Waals surface area (Å²) in [7, 11) is 0. The average molecular weight is 432 g/mol. The Morgan fingerprint density at radius 3 is 2.45 bits per heavy atom. The molecule has 4 aromatic rings. The van der Waals surface area contributed by atoms with Gasteiger partial charge in [0, 0.05) is 41.3 Å². The Balaban J connectivity index is 1.34. The molecule has 0 spiro atoms. The Kier molecular flexibility index (Phi) is 5.34. The zero-order valence-electron chi connectivity index (χ0n) is 17.5. The first-order chi connectivity index (χ1) is 15.1. The van der Waals surface area contributed by atoms with Crippen LogP contribution in [0.2, 0.25) is 0 Å². The molecule has 1 aliphatic rings. The summed E-state index contributed by atoms with van der Waals surface area (Å²) in [5, 5.41) is 6.56. The van der Waals surface area contributed by atoms with Crippen molar-refractivity contribution in [3.8, 4) is 0 Å². The fraction of sp³-hybridized carbons (Fsp3) is 0.280. The number of carbonyl (C=O) groups excluding carboxylic acids is 1. The normalized spacial score (nSPS) is 15.1. The molecule has 0 fully saturated rings. The van der Waals surface area contributed by atoms with Gasteiger partial charge in [0.2, 0.25) is 5.91 Å². The third kappa shape index (κ3) is 3.77. The molecule has 0 bridgehead atoms. The lowest BCUT2D eigenvalue weighted by Gasteiger charge is -2.32. The van der Waals surface area contributed by atoms with Crippen molar-refractivity contribution in [1.82, 2.24) is 14.8 Å². The zero-order valence-corrected chi connectivity index (χ0v) is 18.3. The lowest BCUT2D eigenvalue weighted by Crippen LogP contribution is -2.44. The Labute approximate surface area is 184 Å². The monoisotopic (exact) mass is 431 g/mol. The van der Waals surface area contributed by atoms with Gasteiger partial charge in [0.05, 0.1) is 11.0 Å². The van der Waals surface area contributed by atoms with Crippen LogP contribution in [0.5, 0.6) is 0 Å². The molecule has 3 heterocycles. The Hall–Kier alpha value is -2.96. The summed E-state index contributed by atoms with van der Waals surface area (Å²) in [6.07, 6.45) is 1.08. The molecule has 5 nitrogen and oxygen atoms in total. The van der Waals surface area contributed by atoms with E-state index < -0.39 is 0 Å². The standard InChI is InChI=1S/C25H25N3O2S/c1-17(27-12-10-23-18(15-27)11-13-31-23)14-26-24(29)16-28-21-8-4-2-6-19(21)25(30)20-7-3-5-9-22(20)28/h2-9,11,13,17H,10,12,14-16H2,1H3,(H,26,29). The number of fused-ring (bicyclic) bond motifs is 3. The van der Waals surface area contributed by atoms with Gasteiger partial charge < -0.3 is 9.88 Å². The predicted molar refractivity (Wildman–Crippen MR) is 127 cm³/mol. The molecule has 31 heavy (non-hydrogen) atoms. The van der Waals surface area contributed by atoms with E-state index in [-0.39, 0.29) is 23.9 Å². The lowest BCUT2D eigenvalue weighted by molar-refractivity contribution is -0.121. The number of aromatic nitrogens is 1. The number of thiophene rings is 1. The quantitative estimate of drug-likeness (QED) is 0.490. The first-order valence-corrected chi connectivity index (χ1v) is 11.6. The number of amides is 1. The molecule has 0 saturated carbocycles. The van der Waals surface area contributed by atoms with Crippen LogP contribution in [0.1, 0.15) is 17.4 Å². The molecule has 1 amide bonds. The van der Waals surface area contributed by atoms with Crippen LogP contribution in [0, 0.1) is 0 Å². The van der Waals surface area contributed by atoms with Crippen LogP contribution in [0.3, 0.4) is 0 Å². The van der Waals surface area contributed by atoms with Crippen LogP contribution in [0.4, 0.5) is 0 Å². The van der Waals surface area contributed by atoms with E-state index in [1.807, 2.05) is 64.4 Å². The molecule has 5 rings (SSSR count). The molecule has 158 valence electrons. The van der Waals surface area contributed by atoms with Gasteiger partial charge in [0.1, 0.15) is 6.54 Å². The minimum atomic E-state index is -0.0426. The fourth-order valence-corrected chi connectivity index (χ4v) is 5.37. The number of nitrogens with one attached hydrogen (secondary N) is 1. The highest BCUT2D eigenvalue weighted by Crippen LogP contribution is 2.25. The molecular weight excluding hydrogens is 406 g/mol. The maximum Gasteiger partial charge on any atom is 0.240 e. The Morgan fingerprint density at radius 1 is 1.06 bits per heavy atom. The van der Waals surface area contributed by atoms with Gasteiger partial charge in [-0.2, -0.15) is 0 Å². The minimum Gasteiger partial charge on any atom is -0.353 e. The van der Waals surface area contributed by atoms with E-state index in [1.165, 1.54) is 10.4 Å². The van der Waals surface area contributed by atoms with Crippen LogP contribution in [0.15, 0.2) is 64.8 Å². The predicted octanol–water partition coefficient (Wildman–Crippen LogP) is 3.78. The second-order valence-corrected chi connectivity index (χ2v) is 9.19. The minimum absolute atomic E-state index is 0.00868. The third-order valence-electron chi connectivity index (χ3n) is 6.24. The summed E-state index contributed by atoms with van der Waals surface area (Å²) < 4.78 is 1.95. The highest BCUT2D eigenvalue weighted by Gasteiger charge is 2.22. The number of hydrogen-bond acceptors (Lipinski definition) is 4. The van der Waals surface area contributed by atoms with Crippen LogP contribution >= 0.6 is 11.3 Å². The number of rotatable bonds is 5. The third-order valence-corrected chi connectivity index (χ3v) is 7.26. The molecule has 0 aliphatic carbocycles. The molecule has 0 saturated heterocycles. The van der Waals surface area contributed by atoms with E-state index in [2.05, 4.69) is 28.6 Å². The SMILES string of the molecule is CC(CNC(=O)Cn1c2ccccc2c(=O)c2ccccc21)N1CCc2sccc2C1. The van der Waals surface area contributed by atoms with Crippen molar-refractivity contribution in [2.24, 2.45) is 0 Å². The second kappa shape index (κ2) is 8.29. The van der Waals surface area contributed by atoms with Crippen molar-refractivity contribution in [2.75, 3.05) is 13.1 Å². The van der Waals surface area contributed by atoms with Gasteiger partial charge in [-0.15, -0.1) is 11.3 Å². The summed E-state index contributed by atoms with van der Waals surface area (Å²) in [5.74, 6) is -0.0426. The molecule has 6 heteroatoms. The van der Waals surface area contributed by atoms with Gasteiger partial charge in [0.15, 0.2) is 5.43 Å². The van der Waals surface area contributed by atoms with Crippen molar-refractivity contribution < 1.29 is 4.79 Å². The van der Waals surface area contributed by atoms with Gasteiger partial charge in [-0.1, -0.05) is 24.3 Å². The van der Waals surface area contributed by atoms with E-state index in [9.17, 15) is 9.59 Å². The van der Waals surface area contributed by atoms with Crippen molar-refractivity contribution in [1.29, 1.82) is 0 Å². The summed E-state index contributed by atoms with van der Waals surface area (Å²) in [5.41, 5.74) is 3.00. The van der Waals surface area contributed by atoms with Crippen molar-refractivity contribution in [3.63, 3.8) is 0 Å². The van der Waals surface area contributed by atoms with E-state index >= 15 is 0 Å². The summed E-state index contributed by atoms with van der Waals surface area (Å²) >= 11 is 1.84. The van der Waals surface area contributed by atoms with E-state index in [0.717, 1.165) is 30.5 Å². The van der Waals surface area contributed by atoms with E-state index in [0.29, 0.717) is 17.3 Å². The summed E-state index contributed by atoms with van der Waals surface area (Å²) in [4.78, 5) is 29.7. The topological polar surface area (TPSA) is 54.3 Å². The molecule has 2 aromatic carbocycles. The lowest BCUT2D eigenvalue weighted by atomic mass is 10.1. The van der Waals surface area contributed by atoms with Gasteiger partial charge in [0.25, 0.3) is 0 Å². The second-order valence-electron chi connectivity index (χ2n) is 8.19. The van der Waals surface area contributed by atoms with Crippen molar-refractivity contribution in [3.05, 3.63) is 80.6 Å². The Morgan fingerprint density at radius 2 is 1.74 bits per heavy atom. The number of nitrogens with zero attached hydrogens (tertiary/aromatic N) is 2. The highest BCUT2D eigenvalue weighted by molar-refractivity contribution is 7.10. The number of benzene rings is 2. The van der Waals surface area contributed by atoms with Crippen molar-refractivity contribution in [2.45, 2.75) is 32.5 Å². The molecule has 1 N–H and O–H groups in total. The van der Waals surface area contributed by atoms with Crippen LogP contribution < -0.4 is 10.7 Å². The largest absolute Gasteiger partial charge is 0.353 e. The van der Waals surface area contributed by atoms with Crippen LogP contribution in [0.25, 0.3) is 21.8 Å². The number of pyridine rings is 1. The van der Waals surface area contributed by atoms with Gasteiger partial charge in [-0.3, -0.25) is 14.5 Å². The first-order valence-electron chi connectivity index (χ1n) is 10.7. The number of carbonyl (C=O) groups is 1. The van der Waals surface area contributed by atoms with Gasteiger partial charge in [-0.05, 0) is 54.6 Å². The van der Waals surface area contributed by atoms with Gasteiger partial charge >= 0.3 is 0 Å². The number of para-hydroxylation sites is 2. The smallest absolute Gasteiger partial charge is 0.240 e. The molecule has 2 aromatic heterocycles. The fourth-order valence-electron chi connectivity index (χ4n) is 4.48. The first kappa shape index (κ1) is 20.0. The molecule has 1 atom stereocenters. The Bertz CT molecular complexity index is 1260.